The minimum atomic E-state index is -0.0818. The summed E-state index contributed by atoms with van der Waals surface area (Å²) in [6, 6.07) is 1.95. The molecule has 1 amide bonds. The summed E-state index contributed by atoms with van der Waals surface area (Å²) in [5, 5.41) is 7.92. The molecule has 4 rings (SSSR count). The van der Waals surface area contributed by atoms with Crippen LogP contribution >= 0.6 is 12.4 Å². The smallest absolute Gasteiger partial charge is 0.259 e. The fraction of sp³-hybridized carbons (Fsp3) is 0.632. The maximum absolute atomic E-state index is 13.1. The van der Waals surface area contributed by atoms with Gasteiger partial charge in [-0.1, -0.05) is 24.4 Å². The average molecular weight is 379 g/mol. The quantitative estimate of drug-likeness (QED) is 0.830. The largest absolute Gasteiger partial charge is 0.348 e. The Kier molecular flexibility index (Phi) is 5.82. The Morgan fingerprint density at radius 3 is 2.69 bits per heavy atom. The van der Waals surface area contributed by atoms with Gasteiger partial charge in [-0.05, 0) is 44.6 Å². The van der Waals surface area contributed by atoms with Gasteiger partial charge in [-0.15, -0.1) is 12.4 Å². The zero-order chi connectivity index (χ0) is 17.4. The molecule has 26 heavy (non-hydrogen) atoms. The van der Waals surface area contributed by atoms with Crippen LogP contribution in [0.1, 0.15) is 72.6 Å². The minimum Gasteiger partial charge on any atom is -0.348 e. The van der Waals surface area contributed by atoms with E-state index in [9.17, 15) is 4.79 Å². The molecule has 0 saturated heterocycles. The van der Waals surface area contributed by atoms with Crippen molar-refractivity contribution in [2.24, 2.45) is 11.7 Å². The number of nitrogens with zero attached hydrogens (tertiary/aromatic N) is 2. The summed E-state index contributed by atoms with van der Waals surface area (Å²) in [5.41, 5.74) is 8.72. The summed E-state index contributed by atoms with van der Waals surface area (Å²) < 4.78 is 5.34. The molecule has 1 unspecified atom stereocenters. The molecule has 142 valence electrons. The molecule has 7 heteroatoms. The fourth-order valence-electron chi connectivity index (χ4n) is 4.03. The van der Waals surface area contributed by atoms with Crippen molar-refractivity contribution in [2.75, 3.05) is 6.54 Å². The third-order valence-electron chi connectivity index (χ3n) is 5.67. The van der Waals surface area contributed by atoms with E-state index in [0.717, 1.165) is 36.8 Å². The second-order valence-corrected chi connectivity index (χ2v) is 7.53. The summed E-state index contributed by atoms with van der Waals surface area (Å²) in [6.45, 7) is 2.32. The van der Waals surface area contributed by atoms with Gasteiger partial charge in [0.1, 0.15) is 0 Å². The number of halogens is 1. The number of carbonyl (C=O) groups excluding carboxylic acids is 1. The van der Waals surface area contributed by atoms with Crippen LogP contribution in [0.3, 0.4) is 0 Å². The highest BCUT2D eigenvalue weighted by Gasteiger charge is 2.30. The molecule has 2 heterocycles. The first kappa shape index (κ1) is 19.1. The van der Waals surface area contributed by atoms with Crippen LogP contribution < -0.4 is 11.1 Å². The van der Waals surface area contributed by atoms with Crippen LogP contribution in [0.4, 0.5) is 0 Å². The van der Waals surface area contributed by atoms with Gasteiger partial charge in [0.2, 0.25) is 0 Å². The van der Waals surface area contributed by atoms with Gasteiger partial charge in [-0.3, -0.25) is 4.79 Å². The Morgan fingerprint density at radius 2 is 2.04 bits per heavy atom. The number of rotatable bonds is 5. The SMILES string of the molecule is Cc1noc2nc(C3CC3)cc(C(=O)NC(CN)C3CCCCC3)c12.Cl. The lowest BCUT2D eigenvalue weighted by Crippen LogP contribution is -2.46. The third-order valence-corrected chi connectivity index (χ3v) is 5.67. The molecule has 2 aliphatic carbocycles. The highest BCUT2D eigenvalue weighted by atomic mass is 35.5. The molecule has 0 spiro atoms. The Hall–Kier alpha value is -1.66. The number of aryl methyl sites for hydroxylation is 1. The Balaban J connectivity index is 0.00000196. The number of nitrogens with one attached hydrogen (secondary N) is 1. The van der Waals surface area contributed by atoms with E-state index < -0.39 is 0 Å². The summed E-state index contributed by atoms with van der Waals surface area (Å²) in [7, 11) is 0. The van der Waals surface area contributed by atoms with Gasteiger partial charge in [0.05, 0.1) is 16.6 Å². The molecule has 2 saturated carbocycles. The number of pyridine rings is 1. The second-order valence-electron chi connectivity index (χ2n) is 7.53. The van der Waals surface area contributed by atoms with Crippen LogP contribution in [0.2, 0.25) is 0 Å². The van der Waals surface area contributed by atoms with Gasteiger partial charge < -0.3 is 15.6 Å². The first-order valence-corrected chi connectivity index (χ1v) is 9.45. The maximum Gasteiger partial charge on any atom is 0.259 e. The van der Waals surface area contributed by atoms with Gasteiger partial charge in [0.25, 0.3) is 11.6 Å². The molecule has 0 aromatic carbocycles. The Labute approximate surface area is 159 Å². The predicted molar refractivity (Wildman–Crippen MR) is 103 cm³/mol. The van der Waals surface area contributed by atoms with E-state index in [1.54, 1.807) is 0 Å². The molecule has 3 N–H and O–H groups in total. The van der Waals surface area contributed by atoms with E-state index in [1.165, 1.54) is 19.3 Å². The van der Waals surface area contributed by atoms with Crippen molar-refractivity contribution in [3.8, 4) is 0 Å². The van der Waals surface area contributed by atoms with Crippen LogP contribution in [0.15, 0.2) is 10.6 Å². The number of amides is 1. The van der Waals surface area contributed by atoms with Crippen LogP contribution in [-0.4, -0.2) is 28.6 Å². The van der Waals surface area contributed by atoms with E-state index in [1.807, 2.05) is 13.0 Å². The lowest BCUT2D eigenvalue weighted by molar-refractivity contribution is 0.0917. The summed E-state index contributed by atoms with van der Waals surface area (Å²) in [4.78, 5) is 17.6. The van der Waals surface area contributed by atoms with Crippen LogP contribution in [0, 0.1) is 12.8 Å². The highest BCUT2D eigenvalue weighted by molar-refractivity contribution is 6.06. The van der Waals surface area contributed by atoms with Crippen LogP contribution in [0.5, 0.6) is 0 Å². The van der Waals surface area contributed by atoms with Gasteiger partial charge in [0, 0.05) is 24.2 Å². The normalized spacial score (nSPS) is 19.2. The van der Waals surface area contributed by atoms with Crippen molar-refractivity contribution in [2.45, 2.75) is 63.8 Å². The third kappa shape index (κ3) is 3.71. The number of fused-ring (bicyclic) bond motifs is 1. The zero-order valence-electron chi connectivity index (χ0n) is 15.2. The van der Waals surface area contributed by atoms with Crippen LogP contribution in [0.25, 0.3) is 11.1 Å². The average Bonchev–Trinajstić information content (AvgIpc) is 3.43. The number of aromatic nitrogens is 2. The van der Waals surface area contributed by atoms with E-state index in [0.29, 0.717) is 35.4 Å². The van der Waals surface area contributed by atoms with E-state index >= 15 is 0 Å². The first-order valence-electron chi connectivity index (χ1n) is 9.45. The highest BCUT2D eigenvalue weighted by Crippen LogP contribution is 2.40. The number of hydrogen-bond donors (Lipinski definition) is 2. The van der Waals surface area contributed by atoms with Crippen molar-refractivity contribution in [3.63, 3.8) is 0 Å². The molecule has 1 atom stereocenters. The molecular formula is C19H27ClN4O2. The Morgan fingerprint density at radius 1 is 1.31 bits per heavy atom. The van der Waals surface area contributed by atoms with Gasteiger partial charge in [-0.2, -0.15) is 0 Å². The standard InChI is InChI=1S/C19H26N4O2.ClH/c1-11-17-14(9-15(13-7-8-13)22-19(17)25-23-11)18(24)21-16(10-20)12-5-3-2-4-6-12;/h9,12-13,16H,2-8,10,20H2,1H3,(H,21,24);1H. The van der Waals surface area contributed by atoms with E-state index in [-0.39, 0.29) is 24.4 Å². The van der Waals surface area contributed by atoms with E-state index in [2.05, 4.69) is 15.5 Å². The second kappa shape index (κ2) is 7.92. The number of carbonyl (C=O) groups is 1. The van der Waals surface area contributed by atoms with E-state index in [4.69, 9.17) is 10.3 Å². The lowest BCUT2D eigenvalue weighted by atomic mass is 9.83. The van der Waals surface area contributed by atoms with Crippen molar-refractivity contribution >= 4 is 29.4 Å². The molecule has 2 aromatic heterocycles. The zero-order valence-corrected chi connectivity index (χ0v) is 16.0. The summed E-state index contributed by atoms with van der Waals surface area (Å²) in [5.74, 6) is 0.845. The molecule has 2 aliphatic rings. The monoisotopic (exact) mass is 378 g/mol. The molecule has 2 aromatic rings. The lowest BCUT2D eigenvalue weighted by Gasteiger charge is -2.30. The number of nitrogens with two attached hydrogens (primary N) is 1. The molecular weight excluding hydrogens is 352 g/mol. The van der Waals surface area contributed by atoms with Gasteiger partial charge in [0.15, 0.2) is 0 Å². The summed E-state index contributed by atoms with van der Waals surface area (Å²) >= 11 is 0. The van der Waals surface area contributed by atoms with Gasteiger partial charge in [-0.25, -0.2) is 4.98 Å². The molecule has 6 nitrogen and oxygen atoms in total. The molecule has 0 radical (unpaired) electrons. The fourth-order valence-corrected chi connectivity index (χ4v) is 4.03. The summed E-state index contributed by atoms with van der Waals surface area (Å²) in [6.07, 6.45) is 8.29. The molecule has 0 aliphatic heterocycles. The predicted octanol–water partition coefficient (Wildman–Crippen LogP) is 3.47. The minimum absolute atomic E-state index is 0. The first-order chi connectivity index (χ1) is 12.2. The van der Waals surface area contributed by atoms with Crippen molar-refractivity contribution in [1.82, 2.24) is 15.5 Å². The maximum atomic E-state index is 13.1. The van der Waals surface area contributed by atoms with Crippen LogP contribution in [-0.2, 0) is 0 Å². The molecule has 0 bridgehead atoms. The molecule has 2 fully saturated rings. The van der Waals surface area contributed by atoms with Crippen molar-refractivity contribution in [3.05, 3.63) is 23.0 Å². The van der Waals surface area contributed by atoms with Crippen molar-refractivity contribution in [1.29, 1.82) is 0 Å². The van der Waals surface area contributed by atoms with Crippen molar-refractivity contribution < 1.29 is 9.32 Å². The Bertz CT molecular complexity index is 781. The van der Waals surface area contributed by atoms with Gasteiger partial charge >= 0.3 is 0 Å². The number of hydrogen-bond acceptors (Lipinski definition) is 5. The topological polar surface area (TPSA) is 94.0 Å².